The molecule has 3 nitrogen and oxygen atoms in total. The smallest absolute Gasteiger partial charge is 0.227 e. The maximum atomic E-state index is 6.47. The van der Waals surface area contributed by atoms with Crippen molar-refractivity contribution in [2.45, 2.75) is 0 Å². The van der Waals surface area contributed by atoms with Crippen LogP contribution in [0.25, 0.3) is 73.7 Å². The van der Waals surface area contributed by atoms with Crippen molar-refractivity contribution < 1.29 is 4.42 Å². The van der Waals surface area contributed by atoms with Crippen LogP contribution in [-0.2, 0) is 0 Å². The van der Waals surface area contributed by atoms with Crippen LogP contribution in [0.2, 0.25) is 0 Å². The van der Waals surface area contributed by atoms with Crippen molar-refractivity contribution in [3.8, 4) is 11.5 Å². The van der Waals surface area contributed by atoms with Crippen LogP contribution in [0.15, 0.2) is 150 Å². The Labute approximate surface area is 272 Å². The Morgan fingerprint density at radius 2 is 1.04 bits per heavy atom. The third kappa shape index (κ3) is 3.99. The Morgan fingerprint density at radius 3 is 1.87 bits per heavy atom. The van der Waals surface area contributed by atoms with Gasteiger partial charge in [-0.05, 0) is 78.2 Å². The number of thiophene rings is 2. The predicted octanol–water partition coefficient (Wildman–Crippen LogP) is 12.9. The van der Waals surface area contributed by atoms with Gasteiger partial charge in [-0.2, -0.15) is 0 Å². The molecule has 7 aromatic carbocycles. The molecule has 0 aliphatic rings. The van der Waals surface area contributed by atoms with Gasteiger partial charge in [-0.3, -0.25) is 0 Å². The summed E-state index contributed by atoms with van der Waals surface area (Å²) < 4.78 is 11.7. The molecule has 0 N–H and O–H groups in total. The van der Waals surface area contributed by atoms with E-state index in [1.807, 2.05) is 53.0 Å². The topological polar surface area (TPSA) is 29.3 Å². The van der Waals surface area contributed by atoms with Crippen LogP contribution < -0.4 is 4.90 Å². The molecule has 0 aliphatic heterocycles. The summed E-state index contributed by atoms with van der Waals surface area (Å²) in [7, 11) is 0. The van der Waals surface area contributed by atoms with Gasteiger partial charge >= 0.3 is 0 Å². The average Bonchev–Trinajstić information content (AvgIpc) is 3.82. The molecular formula is C41H24N2OS2. The molecule has 5 heteroatoms. The highest BCUT2D eigenvalue weighted by Crippen LogP contribution is 2.44. The second-order valence-electron chi connectivity index (χ2n) is 11.6. The van der Waals surface area contributed by atoms with Crippen molar-refractivity contribution in [3.63, 3.8) is 0 Å². The molecule has 10 aromatic rings. The number of anilines is 3. The van der Waals surface area contributed by atoms with Gasteiger partial charge in [0.05, 0.1) is 0 Å². The molecule has 46 heavy (non-hydrogen) atoms. The molecule has 0 saturated carbocycles. The molecule has 216 valence electrons. The number of fused-ring (bicyclic) bond motifs is 9. The molecule has 0 unspecified atom stereocenters. The minimum Gasteiger partial charge on any atom is -0.435 e. The van der Waals surface area contributed by atoms with Gasteiger partial charge < -0.3 is 9.32 Å². The predicted molar refractivity (Wildman–Crippen MR) is 197 cm³/mol. The van der Waals surface area contributed by atoms with Crippen LogP contribution in [0.1, 0.15) is 0 Å². The van der Waals surface area contributed by atoms with Gasteiger partial charge in [0.1, 0.15) is 5.52 Å². The zero-order valence-electron chi connectivity index (χ0n) is 24.5. The van der Waals surface area contributed by atoms with E-state index in [-0.39, 0.29) is 0 Å². The molecule has 0 amide bonds. The first kappa shape index (κ1) is 25.8. The van der Waals surface area contributed by atoms with Crippen molar-refractivity contribution in [3.05, 3.63) is 146 Å². The van der Waals surface area contributed by atoms with Crippen LogP contribution >= 0.6 is 22.7 Å². The van der Waals surface area contributed by atoms with E-state index in [0.29, 0.717) is 5.89 Å². The zero-order valence-corrected chi connectivity index (χ0v) is 26.1. The molecule has 0 bridgehead atoms. The normalized spacial score (nSPS) is 11.9. The lowest BCUT2D eigenvalue weighted by molar-refractivity contribution is 0.623. The third-order valence-corrected chi connectivity index (χ3v) is 11.2. The maximum Gasteiger partial charge on any atom is 0.227 e. The molecule has 10 rings (SSSR count). The van der Waals surface area contributed by atoms with Crippen LogP contribution in [0.5, 0.6) is 0 Å². The largest absolute Gasteiger partial charge is 0.435 e. The molecule has 0 saturated heterocycles. The third-order valence-electron chi connectivity index (χ3n) is 8.87. The number of rotatable bonds is 4. The minimum absolute atomic E-state index is 0.635. The van der Waals surface area contributed by atoms with Gasteiger partial charge in [0.15, 0.2) is 5.58 Å². The van der Waals surface area contributed by atoms with E-state index >= 15 is 0 Å². The summed E-state index contributed by atoms with van der Waals surface area (Å²) in [6, 6.07) is 52.0. The highest BCUT2D eigenvalue weighted by molar-refractivity contribution is 7.26. The fourth-order valence-electron chi connectivity index (χ4n) is 6.69. The van der Waals surface area contributed by atoms with Crippen molar-refractivity contribution in [1.82, 2.24) is 4.98 Å². The lowest BCUT2D eigenvalue weighted by Gasteiger charge is -2.26. The average molecular weight is 625 g/mol. The summed E-state index contributed by atoms with van der Waals surface area (Å²) in [4.78, 5) is 7.24. The molecule has 0 radical (unpaired) electrons. The maximum absolute atomic E-state index is 6.47. The molecule has 0 spiro atoms. The van der Waals surface area contributed by atoms with E-state index in [9.17, 15) is 0 Å². The number of nitrogens with zero attached hydrogens (tertiary/aromatic N) is 2. The van der Waals surface area contributed by atoms with E-state index < -0.39 is 0 Å². The van der Waals surface area contributed by atoms with E-state index in [1.54, 1.807) is 0 Å². The van der Waals surface area contributed by atoms with Crippen molar-refractivity contribution in [2.24, 2.45) is 0 Å². The summed E-state index contributed by atoms with van der Waals surface area (Å²) >= 11 is 3.69. The van der Waals surface area contributed by atoms with Gasteiger partial charge in [-0.25, -0.2) is 4.98 Å². The first-order chi connectivity index (χ1) is 22.8. The van der Waals surface area contributed by atoms with Gasteiger partial charge in [0, 0.05) is 68.4 Å². The van der Waals surface area contributed by atoms with E-state index in [0.717, 1.165) is 44.5 Å². The highest BCUT2D eigenvalue weighted by atomic mass is 32.1. The molecule has 0 aliphatic carbocycles. The van der Waals surface area contributed by atoms with Crippen LogP contribution in [0.4, 0.5) is 17.1 Å². The standard InChI is InChI=1S/C41H24N2OS2/c1-2-8-26(9-3-1)41-42-35-20-15-25-14-16-27(22-33(25)40(35)44-41)43(28-18-21-38-34(23-28)31-11-5-7-13-37(31)45-38)29-17-19-32-30-10-4-6-12-36(30)46-39(32)24-29/h1-24H. The van der Waals surface area contributed by atoms with Gasteiger partial charge in [-0.15, -0.1) is 22.7 Å². The molecule has 3 aromatic heterocycles. The fraction of sp³-hybridized carbons (Fsp3) is 0. The van der Waals surface area contributed by atoms with E-state index in [1.165, 1.54) is 40.3 Å². The summed E-state index contributed by atoms with van der Waals surface area (Å²) in [5, 5.41) is 7.32. The van der Waals surface area contributed by atoms with Gasteiger partial charge in [0.25, 0.3) is 0 Å². The summed E-state index contributed by atoms with van der Waals surface area (Å²) in [5.41, 5.74) is 5.93. The first-order valence-corrected chi connectivity index (χ1v) is 16.9. The summed E-state index contributed by atoms with van der Waals surface area (Å²) in [6.45, 7) is 0. The highest BCUT2D eigenvalue weighted by Gasteiger charge is 2.19. The fourth-order valence-corrected chi connectivity index (χ4v) is 8.92. The quantitative estimate of drug-likeness (QED) is 0.195. The zero-order chi connectivity index (χ0) is 30.2. The number of benzene rings is 7. The van der Waals surface area contributed by atoms with Crippen molar-refractivity contribution >= 4 is 102 Å². The Kier molecular flexibility index (Phi) is 5.61. The van der Waals surface area contributed by atoms with Gasteiger partial charge in [0.2, 0.25) is 5.89 Å². The van der Waals surface area contributed by atoms with Crippen molar-refractivity contribution in [2.75, 3.05) is 4.90 Å². The lowest BCUT2D eigenvalue weighted by Crippen LogP contribution is -2.09. The Morgan fingerprint density at radius 1 is 0.457 bits per heavy atom. The van der Waals surface area contributed by atoms with Crippen LogP contribution in [-0.4, -0.2) is 4.98 Å². The van der Waals surface area contributed by atoms with Crippen LogP contribution in [0, 0.1) is 0 Å². The first-order valence-electron chi connectivity index (χ1n) is 15.3. The lowest BCUT2D eigenvalue weighted by atomic mass is 10.1. The molecule has 3 heterocycles. The van der Waals surface area contributed by atoms with Crippen molar-refractivity contribution in [1.29, 1.82) is 0 Å². The number of oxazole rings is 1. The molecule has 0 atom stereocenters. The molecule has 0 fully saturated rings. The number of aromatic nitrogens is 1. The van der Waals surface area contributed by atoms with E-state index in [4.69, 9.17) is 9.40 Å². The Bertz CT molecular complexity index is 2770. The Hall–Kier alpha value is -5.49. The second-order valence-corrected chi connectivity index (χ2v) is 13.8. The monoisotopic (exact) mass is 624 g/mol. The van der Waals surface area contributed by atoms with E-state index in [2.05, 4.69) is 120 Å². The molecular weight excluding hydrogens is 601 g/mol. The number of hydrogen-bond donors (Lipinski definition) is 0. The van der Waals surface area contributed by atoms with Crippen LogP contribution in [0.3, 0.4) is 0 Å². The van der Waals surface area contributed by atoms with Gasteiger partial charge in [-0.1, -0.05) is 72.8 Å². The number of hydrogen-bond acceptors (Lipinski definition) is 5. The Balaban J connectivity index is 1.21. The summed E-state index contributed by atoms with van der Waals surface area (Å²) in [5.74, 6) is 0.635. The summed E-state index contributed by atoms with van der Waals surface area (Å²) in [6.07, 6.45) is 0. The second kappa shape index (κ2) is 10.0. The SMILES string of the molecule is c1ccc(-c2nc3ccc4ccc(N(c5ccc6c(c5)sc5ccccc56)c5ccc6sc7ccccc7c6c5)cc4c3o2)cc1. The minimum atomic E-state index is 0.635.